The Bertz CT molecular complexity index is 1110. The van der Waals surface area contributed by atoms with Crippen molar-refractivity contribution >= 4 is 17.4 Å². The van der Waals surface area contributed by atoms with Crippen molar-refractivity contribution in [3.05, 3.63) is 58.5 Å². The molecule has 3 aromatic heterocycles. The summed E-state index contributed by atoms with van der Waals surface area (Å²) in [6.07, 6.45) is 12.4. The molecule has 2 atom stereocenters. The third-order valence-electron chi connectivity index (χ3n) is 5.93. The maximum atomic E-state index is 12.8. The maximum Gasteiger partial charge on any atom is 0.274 e. The lowest BCUT2D eigenvalue weighted by atomic mass is 9.95. The Morgan fingerprint density at radius 2 is 2.00 bits per heavy atom. The Balaban J connectivity index is 1.56. The second-order valence-corrected chi connectivity index (χ2v) is 8.36. The number of aromatic nitrogens is 4. The molecular weight excluding hydrogens is 378 g/mol. The summed E-state index contributed by atoms with van der Waals surface area (Å²) in [7, 11) is 0. The van der Waals surface area contributed by atoms with Gasteiger partial charge in [0, 0.05) is 36.7 Å². The number of hydrogen-bond donors (Lipinski definition) is 1. The molecule has 0 radical (unpaired) electrons. The second kappa shape index (κ2) is 8.42. The first-order valence-electron chi connectivity index (χ1n) is 10.9. The molecule has 1 amide bonds. The Labute approximate surface area is 176 Å². The van der Waals surface area contributed by atoms with Crippen molar-refractivity contribution in [1.82, 2.24) is 18.9 Å². The van der Waals surface area contributed by atoms with Gasteiger partial charge in [0.2, 0.25) is 5.78 Å². The number of carbonyl (C=O) groups is 1. The highest BCUT2D eigenvalue weighted by Gasteiger charge is 2.35. The van der Waals surface area contributed by atoms with Crippen molar-refractivity contribution in [2.45, 2.75) is 64.8 Å². The predicted molar refractivity (Wildman–Crippen MR) is 117 cm³/mol. The van der Waals surface area contributed by atoms with Crippen LogP contribution in [0.4, 0.5) is 5.69 Å². The first-order chi connectivity index (χ1) is 14.5. The van der Waals surface area contributed by atoms with Crippen LogP contribution in [0, 0.1) is 5.92 Å². The van der Waals surface area contributed by atoms with Crippen LogP contribution in [0.15, 0.2) is 41.7 Å². The summed E-state index contributed by atoms with van der Waals surface area (Å²) in [5.41, 5.74) is 1.54. The van der Waals surface area contributed by atoms with Gasteiger partial charge < -0.3 is 9.88 Å². The van der Waals surface area contributed by atoms with Crippen LogP contribution in [0.5, 0.6) is 0 Å². The van der Waals surface area contributed by atoms with Crippen LogP contribution in [0.25, 0.3) is 5.78 Å². The molecule has 7 nitrogen and oxygen atoms in total. The normalized spacial score (nSPS) is 18.1. The van der Waals surface area contributed by atoms with Crippen molar-refractivity contribution < 1.29 is 4.79 Å². The Kier molecular flexibility index (Phi) is 5.70. The van der Waals surface area contributed by atoms with Gasteiger partial charge in [-0.2, -0.15) is 0 Å². The van der Waals surface area contributed by atoms with E-state index in [0.29, 0.717) is 28.9 Å². The molecule has 4 rings (SSSR count). The van der Waals surface area contributed by atoms with Gasteiger partial charge in [-0.1, -0.05) is 33.6 Å². The lowest BCUT2D eigenvalue weighted by molar-refractivity contribution is 0.102. The highest BCUT2D eigenvalue weighted by molar-refractivity contribution is 6.03. The van der Waals surface area contributed by atoms with Gasteiger partial charge in [0.25, 0.3) is 11.5 Å². The number of hydrogen-bond acceptors (Lipinski definition) is 4. The Hall–Kier alpha value is -2.96. The lowest BCUT2D eigenvalue weighted by Crippen LogP contribution is -2.25. The van der Waals surface area contributed by atoms with Crippen LogP contribution in [-0.4, -0.2) is 24.8 Å². The number of rotatable bonds is 8. The summed E-state index contributed by atoms with van der Waals surface area (Å²) in [5.74, 6) is 1.15. The van der Waals surface area contributed by atoms with E-state index in [1.54, 1.807) is 33.5 Å². The molecule has 30 heavy (non-hydrogen) atoms. The highest BCUT2D eigenvalue weighted by atomic mass is 16.2. The van der Waals surface area contributed by atoms with Crippen LogP contribution in [0.3, 0.4) is 0 Å². The smallest absolute Gasteiger partial charge is 0.274 e. The molecule has 1 N–H and O–H groups in total. The first-order valence-corrected chi connectivity index (χ1v) is 10.9. The molecule has 0 bridgehead atoms. The van der Waals surface area contributed by atoms with Gasteiger partial charge in [0.1, 0.15) is 5.69 Å². The van der Waals surface area contributed by atoms with Crippen LogP contribution < -0.4 is 10.9 Å². The monoisotopic (exact) mass is 407 g/mol. The summed E-state index contributed by atoms with van der Waals surface area (Å²) < 4.78 is 3.52. The van der Waals surface area contributed by atoms with Crippen molar-refractivity contribution in [3.8, 4) is 0 Å². The summed E-state index contributed by atoms with van der Waals surface area (Å²) >= 11 is 0. The Morgan fingerprint density at radius 3 is 2.67 bits per heavy atom. The first kappa shape index (κ1) is 20.3. The molecule has 1 saturated carbocycles. The van der Waals surface area contributed by atoms with Crippen LogP contribution >= 0.6 is 0 Å². The number of nitrogens with zero attached hydrogens (tertiary/aromatic N) is 4. The SMILES string of the molecule is CCCC(CCC)c1cn2cc(C(=O)Nc3cccn([C@@H]4C[C@H]4C)c3=O)cnc2n1. The molecule has 7 heteroatoms. The van der Waals surface area contributed by atoms with Gasteiger partial charge >= 0.3 is 0 Å². The fourth-order valence-electron chi connectivity index (χ4n) is 4.11. The summed E-state index contributed by atoms with van der Waals surface area (Å²) in [6, 6.07) is 3.68. The van der Waals surface area contributed by atoms with Gasteiger partial charge in [-0.05, 0) is 37.3 Å². The molecule has 0 spiro atoms. The van der Waals surface area contributed by atoms with Gasteiger partial charge in [-0.15, -0.1) is 0 Å². The van der Waals surface area contributed by atoms with E-state index in [2.05, 4.69) is 36.1 Å². The quantitative estimate of drug-likeness (QED) is 0.600. The number of amides is 1. The minimum Gasteiger partial charge on any atom is -0.317 e. The number of nitrogens with one attached hydrogen (secondary N) is 1. The minimum atomic E-state index is -0.350. The van der Waals surface area contributed by atoms with E-state index in [4.69, 9.17) is 0 Å². The third kappa shape index (κ3) is 4.01. The predicted octanol–water partition coefficient (Wildman–Crippen LogP) is 4.41. The molecule has 0 unspecified atom stereocenters. The molecule has 1 aliphatic rings. The largest absolute Gasteiger partial charge is 0.317 e. The maximum absolute atomic E-state index is 12.8. The summed E-state index contributed by atoms with van der Waals surface area (Å²) in [4.78, 5) is 34.5. The second-order valence-electron chi connectivity index (χ2n) is 8.36. The zero-order valence-electron chi connectivity index (χ0n) is 17.8. The fourth-order valence-corrected chi connectivity index (χ4v) is 4.11. The summed E-state index contributed by atoms with van der Waals surface area (Å²) in [5, 5.41) is 2.75. The molecule has 1 aliphatic carbocycles. The van der Waals surface area contributed by atoms with Crippen LogP contribution in [-0.2, 0) is 0 Å². The number of pyridine rings is 1. The van der Waals surface area contributed by atoms with E-state index in [1.165, 1.54) is 6.20 Å². The van der Waals surface area contributed by atoms with Gasteiger partial charge in [-0.3, -0.25) is 14.0 Å². The van der Waals surface area contributed by atoms with E-state index >= 15 is 0 Å². The zero-order chi connectivity index (χ0) is 21.3. The minimum absolute atomic E-state index is 0.166. The third-order valence-corrected chi connectivity index (χ3v) is 5.93. The van der Waals surface area contributed by atoms with Crippen LogP contribution in [0.1, 0.15) is 80.9 Å². The molecule has 3 aromatic rings. The zero-order valence-corrected chi connectivity index (χ0v) is 17.8. The highest BCUT2D eigenvalue weighted by Crippen LogP contribution is 2.41. The van der Waals surface area contributed by atoms with Crippen molar-refractivity contribution in [2.24, 2.45) is 5.92 Å². The Morgan fingerprint density at radius 1 is 1.27 bits per heavy atom. The topological polar surface area (TPSA) is 81.3 Å². The number of imidazole rings is 1. The average Bonchev–Trinajstić information content (AvgIpc) is 3.30. The summed E-state index contributed by atoms with van der Waals surface area (Å²) in [6.45, 7) is 6.48. The molecular formula is C23H29N5O2. The fraction of sp³-hybridized carbons (Fsp3) is 0.478. The van der Waals surface area contributed by atoms with E-state index < -0.39 is 0 Å². The van der Waals surface area contributed by atoms with Gasteiger partial charge in [-0.25, -0.2) is 9.97 Å². The van der Waals surface area contributed by atoms with Crippen LogP contribution in [0.2, 0.25) is 0 Å². The average molecular weight is 408 g/mol. The number of carbonyl (C=O) groups excluding carboxylic acids is 1. The number of anilines is 1. The standard InChI is InChI=1S/C23H29N5O2/c1-4-7-16(8-5-2)19-14-27-13-17(12-24-23(27)26-19)21(29)25-18-9-6-10-28(22(18)30)20-11-15(20)3/h6,9-10,12-16,20H,4-5,7-8,11H2,1-3H3,(H,25,29)/t15-,20-/m1/s1. The molecule has 0 aromatic carbocycles. The molecule has 0 saturated heterocycles. The molecule has 3 heterocycles. The molecule has 1 fully saturated rings. The van der Waals surface area contributed by atoms with E-state index in [1.807, 2.05) is 6.20 Å². The van der Waals surface area contributed by atoms with E-state index in [9.17, 15) is 9.59 Å². The van der Waals surface area contributed by atoms with E-state index in [0.717, 1.165) is 37.8 Å². The molecule has 0 aliphatic heterocycles. The lowest BCUT2D eigenvalue weighted by Gasteiger charge is -2.11. The van der Waals surface area contributed by atoms with E-state index in [-0.39, 0.29) is 17.5 Å². The number of fused-ring (bicyclic) bond motifs is 1. The van der Waals surface area contributed by atoms with Gasteiger partial charge in [0.15, 0.2) is 0 Å². The van der Waals surface area contributed by atoms with Crippen molar-refractivity contribution in [3.63, 3.8) is 0 Å². The van der Waals surface area contributed by atoms with Crippen molar-refractivity contribution in [2.75, 3.05) is 5.32 Å². The van der Waals surface area contributed by atoms with Gasteiger partial charge in [0.05, 0.1) is 11.3 Å². The molecule has 158 valence electrons. The van der Waals surface area contributed by atoms with Crippen molar-refractivity contribution in [1.29, 1.82) is 0 Å².